The fraction of sp³-hybridized carbons (Fsp3) is 0.643. The van der Waals surface area contributed by atoms with Gasteiger partial charge in [-0.25, -0.2) is 0 Å². The molecular weight excluding hydrogens is 351 g/mol. The van der Waals surface area contributed by atoms with Crippen LogP contribution in [0.5, 0.6) is 0 Å². The van der Waals surface area contributed by atoms with Crippen LogP contribution >= 0.6 is 46.9 Å². The van der Waals surface area contributed by atoms with Crippen LogP contribution in [-0.4, -0.2) is 24.5 Å². The van der Waals surface area contributed by atoms with E-state index in [1.165, 1.54) is 11.3 Å². The topological polar surface area (TPSA) is 41.1 Å². The molecule has 1 aromatic heterocycles. The van der Waals surface area contributed by atoms with Gasteiger partial charge in [-0.05, 0) is 50.8 Å². The molecule has 1 fully saturated rings. The van der Waals surface area contributed by atoms with Crippen LogP contribution in [0.15, 0.2) is 6.07 Å². The summed E-state index contributed by atoms with van der Waals surface area (Å²) in [4.78, 5) is 11.9. The largest absolute Gasteiger partial charge is 0.353 e. The maximum Gasteiger partial charge on any atom is 0.220 e. The molecule has 0 radical (unpaired) electrons. The number of amides is 1. The minimum atomic E-state index is 0. The van der Waals surface area contributed by atoms with Gasteiger partial charge in [-0.1, -0.05) is 23.2 Å². The first-order chi connectivity index (χ1) is 9.54. The third kappa shape index (κ3) is 6.33. The third-order valence-corrected chi connectivity index (χ3v) is 5.14. The number of hydrogen-bond acceptors (Lipinski definition) is 3. The molecule has 1 saturated heterocycles. The van der Waals surface area contributed by atoms with Gasteiger partial charge in [-0.15, -0.1) is 23.7 Å². The van der Waals surface area contributed by atoms with Gasteiger partial charge in [0, 0.05) is 18.5 Å². The zero-order valence-electron chi connectivity index (χ0n) is 12.0. The van der Waals surface area contributed by atoms with Crippen LogP contribution in [0.2, 0.25) is 8.67 Å². The Kier molecular flexibility index (Phi) is 8.35. The highest BCUT2D eigenvalue weighted by atomic mass is 35.5. The molecule has 21 heavy (non-hydrogen) atoms. The van der Waals surface area contributed by atoms with E-state index < -0.39 is 0 Å². The number of hydrogen-bond donors (Lipinski definition) is 2. The van der Waals surface area contributed by atoms with Gasteiger partial charge in [0.1, 0.15) is 0 Å². The van der Waals surface area contributed by atoms with E-state index in [0.29, 0.717) is 22.8 Å². The molecule has 2 rings (SSSR count). The molecule has 7 heteroatoms. The van der Waals surface area contributed by atoms with E-state index in [-0.39, 0.29) is 18.3 Å². The van der Waals surface area contributed by atoms with Crippen LogP contribution in [0.25, 0.3) is 0 Å². The molecule has 2 N–H and O–H groups in total. The molecule has 1 aliphatic rings. The molecule has 120 valence electrons. The fourth-order valence-electron chi connectivity index (χ4n) is 2.55. The summed E-state index contributed by atoms with van der Waals surface area (Å²) < 4.78 is 1.45. The highest BCUT2D eigenvalue weighted by Gasteiger charge is 2.19. The summed E-state index contributed by atoms with van der Waals surface area (Å²) in [5.74, 6) is 0.140. The van der Waals surface area contributed by atoms with E-state index in [1.807, 2.05) is 6.07 Å². The number of nitrogens with one attached hydrogen (secondary N) is 2. The van der Waals surface area contributed by atoms with Gasteiger partial charge < -0.3 is 10.6 Å². The first kappa shape index (κ1) is 19.0. The van der Waals surface area contributed by atoms with Crippen LogP contribution in [0.3, 0.4) is 0 Å². The summed E-state index contributed by atoms with van der Waals surface area (Å²) in [6.07, 6.45) is 4.18. The molecule has 1 amide bonds. The molecule has 0 aromatic carbocycles. The van der Waals surface area contributed by atoms with Crippen molar-refractivity contribution in [2.24, 2.45) is 0 Å². The predicted molar refractivity (Wildman–Crippen MR) is 93.2 cm³/mol. The van der Waals surface area contributed by atoms with E-state index in [4.69, 9.17) is 23.2 Å². The Balaban J connectivity index is 0.00000220. The van der Waals surface area contributed by atoms with Crippen molar-refractivity contribution in [3.8, 4) is 0 Å². The van der Waals surface area contributed by atoms with Crippen molar-refractivity contribution < 1.29 is 4.79 Å². The summed E-state index contributed by atoms with van der Waals surface area (Å²) in [5.41, 5.74) is 1.05. The first-order valence-electron chi connectivity index (χ1n) is 7.01. The lowest BCUT2D eigenvalue weighted by Crippen LogP contribution is -2.46. The Bertz CT molecular complexity index is 467. The second-order valence-electron chi connectivity index (χ2n) is 5.35. The molecule has 2 atom stereocenters. The number of thiophene rings is 1. The Morgan fingerprint density at radius 3 is 2.90 bits per heavy atom. The first-order valence-corrected chi connectivity index (χ1v) is 8.58. The van der Waals surface area contributed by atoms with Crippen LogP contribution in [0.1, 0.15) is 38.2 Å². The smallest absolute Gasteiger partial charge is 0.220 e. The lowest BCUT2D eigenvalue weighted by molar-refractivity contribution is -0.122. The molecule has 0 bridgehead atoms. The van der Waals surface area contributed by atoms with Crippen molar-refractivity contribution in [3.63, 3.8) is 0 Å². The van der Waals surface area contributed by atoms with Crippen LogP contribution < -0.4 is 10.6 Å². The molecule has 0 saturated carbocycles. The average molecular weight is 372 g/mol. The van der Waals surface area contributed by atoms with Gasteiger partial charge in [0.25, 0.3) is 0 Å². The highest BCUT2D eigenvalue weighted by molar-refractivity contribution is 7.20. The molecule has 2 heterocycles. The monoisotopic (exact) mass is 370 g/mol. The number of rotatable bonds is 5. The summed E-state index contributed by atoms with van der Waals surface area (Å²) in [6, 6.07) is 2.69. The quantitative estimate of drug-likeness (QED) is 0.819. The molecule has 1 aromatic rings. The number of halogens is 3. The van der Waals surface area contributed by atoms with E-state index in [2.05, 4.69) is 17.6 Å². The minimum absolute atomic E-state index is 0. The minimum Gasteiger partial charge on any atom is -0.353 e. The second kappa shape index (κ2) is 9.21. The van der Waals surface area contributed by atoms with Gasteiger partial charge in [0.05, 0.1) is 8.67 Å². The number of aryl methyl sites for hydroxylation is 1. The fourth-order valence-corrected chi connectivity index (χ4v) is 4.09. The van der Waals surface area contributed by atoms with Crippen molar-refractivity contribution >= 4 is 52.9 Å². The van der Waals surface area contributed by atoms with Gasteiger partial charge in [0.15, 0.2) is 0 Å². The van der Waals surface area contributed by atoms with E-state index in [1.54, 1.807) is 0 Å². The predicted octanol–water partition coefficient (Wildman–Crippen LogP) is 4.06. The highest BCUT2D eigenvalue weighted by Crippen LogP contribution is 2.32. The summed E-state index contributed by atoms with van der Waals surface area (Å²) >= 11 is 13.3. The molecule has 1 aliphatic heterocycles. The summed E-state index contributed by atoms with van der Waals surface area (Å²) in [5, 5.41) is 6.50. The average Bonchev–Trinajstić information content (AvgIpc) is 2.68. The lowest BCUT2D eigenvalue weighted by Gasteiger charge is -2.28. The normalized spacial score (nSPS) is 21.7. The van der Waals surface area contributed by atoms with Crippen molar-refractivity contribution in [2.45, 2.75) is 51.1 Å². The van der Waals surface area contributed by atoms with Crippen molar-refractivity contribution in [1.29, 1.82) is 0 Å². The van der Waals surface area contributed by atoms with Gasteiger partial charge in [-0.2, -0.15) is 0 Å². The maximum atomic E-state index is 11.9. The summed E-state index contributed by atoms with van der Waals surface area (Å²) in [6.45, 7) is 3.13. The Morgan fingerprint density at radius 1 is 1.52 bits per heavy atom. The molecule has 3 nitrogen and oxygen atoms in total. The van der Waals surface area contributed by atoms with Crippen LogP contribution in [0.4, 0.5) is 0 Å². The molecular formula is C14H21Cl3N2OS. The number of carbonyl (C=O) groups excluding carboxylic acids is 1. The van der Waals surface area contributed by atoms with Gasteiger partial charge in [-0.3, -0.25) is 4.79 Å². The summed E-state index contributed by atoms with van der Waals surface area (Å²) in [7, 11) is 0. The van der Waals surface area contributed by atoms with Gasteiger partial charge in [0.2, 0.25) is 5.91 Å². The van der Waals surface area contributed by atoms with E-state index in [9.17, 15) is 4.79 Å². The van der Waals surface area contributed by atoms with E-state index >= 15 is 0 Å². The molecule has 0 spiro atoms. The zero-order chi connectivity index (χ0) is 14.5. The lowest BCUT2D eigenvalue weighted by atomic mass is 10.0. The Morgan fingerprint density at radius 2 is 2.29 bits per heavy atom. The van der Waals surface area contributed by atoms with Crippen molar-refractivity contribution in [2.75, 3.05) is 6.54 Å². The van der Waals surface area contributed by atoms with Gasteiger partial charge >= 0.3 is 0 Å². The van der Waals surface area contributed by atoms with Crippen LogP contribution in [0, 0.1) is 0 Å². The number of carbonyl (C=O) groups is 1. The number of piperidine rings is 1. The Labute approximate surface area is 146 Å². The Hall–Kier alpha value is -0.000000000000000167. The standard InChI is InChI=1S/C14H20Cl2N2OS.ClH/c1-9-7-11(5-6-17-9)18-13(19)4-2-3-10-8-12(15)20-14(10)16;/h8-9,11,17H,2-7H2,1H3,(H,18,19);1H. The van der Waals surface area contributed by atoms with Crippen molar-refractivity contribution in [1.82, 2.24) is 10.6 Å². The third-order valence-electron chi connectivity index (χ3n) is 3.57. The SMILES string of the molecule is CC1CC(NC(=O)CCCc2cc(Cl)sc2Cl)CCN1.Cl. The maximum absolute atomic E-state index is 11.9. The van der Waals surface area contributed by atoms with E-state index in [0.717, 1.165) is 42.1 Å². The zero-order valence-corrected chi connectivity index (χ0v) is 15.1. The molecule has 0 aliphatic carbocycles. The van der Waals surface area contributed by atoms with Crippen molar-refractivity contribution in [3.05, 3.63) is 20.3 Å². The van der Waals surface area contributed by atoms with Crippen LogP contribution in [-0.2, 0) is 11.2 Å². The molecule has 2 unspecified atom stereocenters. The second-order valence-corrected chi connectivity index (χ2v) is 7.63.